The van der Waals surface area contributed by atoms with E-state index >= 15 is 0 Å². The van der Waals surface area contributed by atoms with Crippen molar-refractivity contribution in [3.05, 3.63) is 59.7 Å². The molecule has 1 aliphatic rings. The Morgan fingerprint density at radius 2 is 1.26 bits per heavy atom. The fourth-order valence-electron chi connectivity index (χ4n) is 4.17. The number of methoxy groups -OCH3 is 1. The normalized spacial score (nSPS) is 27.2. The molecule has 9 heteroatoms. The Morgan fingerprint density at radius 1 is 0.839 bits per heavy atom. The highest BCUT2D eigenvalue weighted by atomic mass is 32.2. The summed E-state index contributed by atoms with van der Waals surface area (Å²) in [5.41, 5.74) is 1.70. The Bertz CT molecular complexity index is 1110. The van der Waals surface area contributed by atoms with E-state index in [4.69, 9.17) is 4.74 Å². The van der Waals surface area contributed by atoms with Crippen molar-refractivity contribution in [1.82, 2.24) is 0 Å². The minimum atomic E-state index is -4.28. The summed E-state index contributed by atoms with van der Waals surface area (Å²) < 4.78 is 59.9. The summed E-state index contributed by atoms with van der Waals surface area (Å²) in [6.07, 6.45) is -2.57. The van der Waals surface area contributed by atoms with Crippen molar-refractivity contribution < 1.29 is 31.8 Å². The second-order valence-electron chi connectivity index (χ2n) is 8.09. The molecule has 0 saturated heterocycles. The summed E-state index contributed by atoms with van der Waals surface area (Å²) in [7, 11) is -7.17. The molecule has 1 fully saturated rings. The molecule has 5 atom stereocenters. The van der Waals surface area contributed by atoms with E-state index in [0.29, 0.717) is 0 Å². The van der Waals surface area contributed by atoms with Crippen LogP contribution in [0.5, 0.6) is 0 Å². The van der Waals surface area contributed by atoms with Gasteiger partial charge in [-0.3, -0.25) is 0 Å². The van der Waals surface area contributed by atoms with Gasteiger partial charge in [-0.05, 0) is 44.5 Å². The summed E-state index contributed by atoms with van der Waals surface area (Å²) in [5.74, 6) is -0.834. The lowest BCUT2D eigenvalue weighted by Crippen LogP contribution is -2.60. The number of hydrogen-bond acceptors (Lipinski definition) is 7. The van der Waals surface area contributed by atoms with Crippen LogP contribution in [-0.2, 0) is 24.4 Å². The zero-order chi connectivity index (χ0) is 23.0. The molecule has 0 amide bonds. The molecule has 31 heavy (non-hydrogen) atoms. The molecule has 2 N–H and O–H groups in total. The number of ether oxygens (including phenoxy) is 1. The first-order valence-corrected chi connectivity index (χ1v) is 13.1. The van der Waals surface area contributed by atoms with Gasteiger partial charge in [0.25, 0.3) is 0 Å². The summed E-state index contributed by atoms with van der Waals surface area (Å²) in [5, 5.41) is 17.5. The number of hydrogen-bond donors (Lipinski definition) is 2. The van der Waals surface area contributed by atoms with Crippen LogP contribution in [0.4, 0.5) is 0 Å². The quantitative estimate of drug-likeness (QED) is 0.662. The largest absolute Gasteiger partial charge is 0.396 e. The van der Waals surface area contributed by atoms with E-state index in [1.165, 1.54) is 31.4 Å². The molecule has 0 spiro atoms. The summed E-state index contributed by atoms with van der Waals surface area (Å²) in [4.78, 5) is -0.122. The van der Waals surface area contributed by atoms with E-state index in [1.807, 2.05) is 6.92 Å². The van der Waals surface area contributed by atoms with Crippen LogP contribution in [0.1, 0.15) is 17.5 Å². The minimum absolute atomic E-state index is 0.0177. The smallest absolute Gasteiger partial charge is 0.185 e. The molecule has 0 aliphatic heterocycles. The fraction of sp³-hybridized carbons (Fsp3) is 0.455. The van der Waals surface area contributed by atoms with Crippen molar-refractivity contribution >= 4 is 19.7 Å². The van der Waals surface area contributed by atoms with Gasteiger partial charge in [-0.1, -0.05) is 35.4 Å². The zero-order valence-corrected chi connectivity index (χ0v) is 19.3. The Balaban J connectivity index is 2.21. The molecule has 7 nitrogen and oxygen atoms in total. The van der Waals surface area contributed by atoms with Gasteiger partial charge in [0.2, 0.25) is 0 Å². The fourth-order valence-corrected chi connectivity index (χ4v) is 8.96. The Labute approximate surface area is 183 Å². The Morgan fingerprint density at radius 3 is 1.65 bits per heavy atom. The summed E-state index contributed by atoms with van der Waals surface area (Å²) in [6.45, 7) is 3.13. The lowest BCUT2D eigenvalue weighted by Gasteiger charge is -2.43. The van der Waals surface area contributed by atoms with E-state index in [-0.39, 0.29) is 16.2 Å². The molecule has 3 rings (SSSR count). The summed E-state index contributed by atoms with van der Waals surface area (Å²) >= 11 is 0. The van der Waals surface area contributed by atoms with Crippen LogP contribution in [0.2, 0.25) is 0 Å². The zero-order valence-electron chi connectivity index (χ0n) is 17.7. The number of benzene rings is 2. The number of aliphatic hydroxyl groups excluding tert-OH is 2. The van der Waals surface area contributed by atoms with Crippen LogP contribution in [0, 0.1) is 19.8 Å². The average Bonchev–Trinajstić information content (AvgIpc) is 2.73. The van der Waals surface area contributed by atoms with Crippen LogP contribution in [-0.4, -0.2) is 63.5 Å². The first-order valence-electron chi connectivity index (χ1n) is 9.97. The number of rotatable bonds is 6. The Kier molecular flexibility index (Phi) is 6.93. The van der Waals surface area contributed by atoms with Crippen molar-refractivity contribution in [2.24, 2.45) is 5.92 Å². The van der Waals surface area contributed by atoms with Crippen LogP contribution in [0.25, 0.3) is 0 Å². The summed E-state index contributed by atoms with van der Waals surface area (Å²) in [6, 6.07) is 12.2. The van der Waals surface area contributed by atoms with Gasteiger partial charge in [0.05, 0.1) is 22.0 Å². The van der Waals surface area contributed by atoms with E-state index < -0.39 is 54.9 Å². The molecule has 1 saturated carbocycles. The van der Waals surface area contributed by atoms with Crippen molar-refractivity contribution in [1.29, 1.82) is 0 Å². The third-order valence-corrected chi connectivity index (χ3v) is 10.6. The maximum atomic E-state index is 13.6. The number of aryl methyl sites for hydroxylation is 2. The van der Waals surface area contributed by atoms with E-state index in [0.717, 1.165) is 11.1 Å². The van der Waals surface area contributed by atoms with Crippen LogP contribution < -0.4 is 0 Å². The SMILES string of the molecule is CO[C@@H]1C[C@H](CO)[C@@H](O)[C@H](S(=O)(=O)c2ccc(C)cc2)[C@H]1S(=O)(=O)c1ccc(C)cc1. The molecule has 0 radical (unpaired) electrons. The predicted octanol–water partition coefficient (Wildman–Crippen LogP) is 1.68. The van der Waals surface area contributed by atoms with E-state index in [2.05, 4.69) is 0 Å². The molecule has 1 aliphatic carbocycles. The van der Waals surface area contributed by atoms with Gasteiger partial charge in [0.15, 0.2) is 19.7 Å². The second kappa shape index (κ2) is 8.99. The van der Waals surface area contributed by atoms with Gasteiger partial charge in [-0.25, -0.2) is 16.8 Å². The van der Waals surface area contributed by atoms with Crippen molar-refractivity contribution in [2.75, 3.05) is 13.7 Å². The molecule has 2 aromatic rings. The third-order valence-electron chi connectivity index (χ3n) is 6.00. The molecular weight excluding hydrogens is 440 g/mol. The van der Waals surface area contributed by atoms with Gasteiger partial charge in [0.1, 0.15) is 10.5 Å². The first kappa shape index (κ1) is 23.9. The second-order valence-corrected chi connectivity index (χ2v) is 12.3. The third kappa shape index (κ3) is 4.42. The molecular formula is C22H28O7S2. The molecule has 2 aromatic carbocycles. The standard InChI is InChI=1S/C22H28O7S2/c1-14-4-8-17(9-5-14)30(25,26)21-19(29-3)12-16(13-23)20(24)22(21)31(27,28)18-10-6-15(2)7-11-18/h4-11,16,19-24H,12-13H2,1-3H3/t16-,19-,20-,21+,22+/m1/s1. The van der Waals surface area contributed by atoms with Gasteiger partial charge in [-0.15, -0.1) is 0 Å². The number of sulfone groups is 2. The van der Waals surface area contributed by atoms with Gasteiger partial charge < -0.3 is 14.9 Å². The molecule has 170 valence electrons. The van der Waals surface area contributed by atoms with Crippen LogP contribution in [0.15, 0.2) is 58.3 Å². The van der Waals surface area contributed by atoms with Crippen molar-refractivity contribution in [3.63, 3.8) is 0 Å². The van der Waals surface area contributed by atoms with Gasteiger partial charge >= 0.3 is 0 Å². The highest BCUT2D eigenvalue weighted by Gasteiger charge is 2.56. The maximum Gasteiger partial charge on any atom is 0.185 e. The predicted molar refractivity (Wildman–Crippen MR) is 116 cm³/mol. The average molecular weight is 469 g/mol. The highest BCUT2D eigenvalue weighted by molar-refractivity contribution is 7.96. The minimum Gasteiger partial charge on any atom is -0.396 e. The van der Waals surface area contributed by atoms with Crippen molar-refractivity contribution in [3.8, 4) is 0 Å². The number of aliphatic hydroxyl groups is 2. The molecule has 0 unspecified atom stereocenters. The van der Waals surface area contributed by atoms with Crippen LogP contribution >= 0.6 is 0 Å². The van der Waals surface area contributed by atoms with Gasteiger partial charge in [-0.2, -0.15) is 0 Å². The molecule has 0 aromatic heterocycles. The van der Waals surface area contributed by atoms with Gasteiger partial charge in [0, 0.05) is 19.6 Å². The first-order chi connectivity index (χ1) is 14.5. The highest BCUT2D eigenvalue weighted by Crippen LogP contribution is 2.39. The lowest BCUT2D eigenvalue weighted by molar-refractivity contribution is -0.0258. The maximum absolute atomic E-state index is 13.6. The van der Waals surface area contributed by atoms with E-state index in [9.17, 15) is 27.0 Å². The van der Waals surface area contributed by atoms with Crippen molar-refractivity contribution in [2.45, 2.75) is 52.8 Å². The molecule has 0 bridgehead atoms. The molecule has 0 heterocycles. The Hall–Kier alpha value is -1.78. The van der Waals surface area contributed by atoms with Crippen LogP contribution in [0.3, 0.4) is 0 Å². The monoisotopic (exact) mass is 468 g/mol. The lowest BCUT2D eigenvalue weighted by atomic mass is 9.84. The van der Waals surface area contributed by atoms with E-state index in [1.54, 1.807) is 31.2 Å². The topological polar surface area (TPSA) is 118 Å².